The second kappa shape index (κ2) is 10.5. The number of urea groups is 1. The van der Waals surface area contributed by atoms with E-state index in [-0.39, 0.29) is 11.9 Å². The lowest BCUT2D eigenvalue weighted by Crippen LogP contribution is -2.65. The summed E-state index contributed by atoms with van der Waals surface area (Å²) in [6, 6.07) is 11.0. The van der Waals surface area contributed by atoms with Crippen LogP contribution in [0.15, 0.2) is 47.6 Å². The number of ether oxygens (including phenoxy) is 1. The molecule has 34 heavy (non-hydrogen) atoms. The number of nitrogens with zero attached hydrogens (tertiary/aromatic N) is 4. The number of aromatic nitrogens is 1. The molecule has 0 radical (unpaired) electrons. The number of methoxy groups -OCH3 is 1. The Balaban J connectivity index is 1.43. The second-order valence-corrected chi connectivity index (χ2v) is 8.40. The van der Waals surface area contributed by atoms with Gasteiger partial charge in [0.05, 0.1) is 7.11 Å². The summed E-state index contributed by atoms with van der Waals surface area (Å²) in [5.41, 5.74) is 1.91. The summed E-state index contributed by atoms with van der Waals surface area (Å²) in [6.45, 7) is 5.65. The minimum Gasteiger partial charge on any atom is -0.496 e. The predicted octanol–water partition coefficient (Wildman–Crippen LogP) is 2.87. The van der Waals surface area contributed by atoms with Crippen LogP contribution in [0.5, 0.6) is 5.75 Å². The van der Waals surface area contributed by atoms with Crippen LogP contribution < -0.4 is 15.4 Å². The van der Waals surface area contributed by atoms with Crippen LogP contribution in [0.4, 0.5) is 10.6 Å². The highest BCUT2D eigenvalue weighted by molar-refractivity contribution is 6.08. The van der Waals surface area contributed by atoms with Gasteiger partial charge in [-0.15, -0.1) is 0 Å². The lowest BCUT2D eigenvalue weighted by Gasteiger charge is -2.40. The van der Waals surface area contributed by atoms with Crippen molar-refractivity contribution < 1.29 is 14.3 Å². The summed E-state index contributed by atoms with van der Waals surface area (Å²) in [5.74, 6) is 2.00. The second-order valence-electron chi connectivity index (χ2n) is 8.40. The van der Waals surface area contributed by atoms with E-state index in [0.29, 0.717) is 25.5 Å². The third-order valence-corrected chi connectivity index (χ3v) is 6.02. The number of aliphatic imine (C=N–C) groups is 1. The fourth-order valence-corrected chi connectivity index (χ4v) is 4.36. The molecule has 1 saturated heterocycles. The normalized spacial score (nSPS) is 19.6. The Kier molecular flexibility index (Phi) is 7.30. The van der Waals surface area contributed by atoms with Crippen molar-refractivity contribution in [2.75, 3.05) is 32.1 Å². The highest BCUT2D eigenvalue weighted by Crippen LogP contribution is 2.25. The number of hydrogen-bond donors (Lipinski definition) is 2. The number of hydrogen-bond acceptors (Lipinski definition) is 7. The molecule has 2 atom stereocenters. The first kappa shape index (κ1) is 23.5. The van der Waals surface area contributed by atoms with Crippen LogP contribution in [0.3, 0.4) is 0 Å². The number of carbonyl (C=O) groups is 2. The lowest BCUT2D eigenvalue weighted by molar-refractivity contribution is -0.134. The third-order valence-electron chi connectivity index (χ3n) is 6.02. The first-order valence-corrected chi connectivity index (χ1v) is 11.9. The maximum absolute atomic E-state index is 13.0. The van der Waals surface area contributed by atoms with Crippen molar-refractivity contribution in [1.82, 2.24) is 20.1 Å². The van der Waals surface area contributed by atoms with E-state index in [1.165, 1.54) is 4.90 Å². The molecule has 0 saturated carbocycles. The fourth-order valence-electron chi connectivity index (χ4n) is 4.36. The minimum absolute atomic E-state index is 0.217. The molecule has 2 aliphatic heterocycles. The summed E-state index contributed by atoms with van der Waals surface area (Å²) in [6.07, 6.45) is 3.53. The van der Waals surface area contributed by atoms with E-state index >= 15 is 0 Å². The molecule has 0 aliphatic carbocycles. The van der Waals surface area contributed by atoms with Gasteiger partial charge in [-0.1, -0.05) is 32.0 Å². The van der Waals surface area contributed by atoms with Gasteiger partial charge < -0.3 is 15.4 Å². The summed E-state index contributed by atoms with van der Waals surface area (Å²) >= 11 is 0. The van der Waals surface area contributed by atoms with E-state index in [1.807, 2.05) is 44.2 Å². The van der Waals surface area contributed by atoms with Gasteiger partial charge in [-0.25, -0.2) is 14.8 Å². The zero-order chi connectivity index (χ0) is 24.1. The van der Waals surface area contributed by atoms with Gasteiger partial charge in [-0.05, 0) is 43.0 Å². The van der Waals surface area contributed by atoms with Gasteiger partial charge in [0.1, 0.15) is 23.4 Å². The predicted molar refractivity (Wildman–Crippen MR) is 131 cm³/mol. The Morgan fingerprint density at radius 3 is 2.59 bits per heavy atom. The molecule has 1 fully saturated rings. The summed E-state index contributed by atoms with van der Waals surface area (Å²) < 4.78 is 5.40. The van der Waals surface area contributed by atoms with E-state index in [1.54, 1.807) is 18.2 Å². The molecule has 2 N–H and O–H groups in total. The smallest absolute Gasteiger partial charge is 0.328 e. The van der Waals surface area contributed by atoms with Crippen molar-refractivity contribution in [3.8, 4) is 5.75 Å². The Labute approximate surface area is 200 Å². The Morgan fingerprint density at radius 1 is 1.09 bits per heavy atom. The van der Waals surface area contributed by atoms with Gasteiger partial charge in [0.25, 0.3) is 5.91 Å². The highest BCUT2D eigenvalue weighted by Gasteiger charge is 2.49. The zero-order valence-corrected chi connectivity index (χ0v) is 20.0. The maximum Gasteiger partial charge on any atom is 0.328 e. The minimum atomic E-state index is -0.565. The number of nitrogens with one attached hydrogen (secondary N) is 2. The van der Waals surface area contributed by atoms with Gasteiger partial charge in [-0.3, -0.25) is 14.6 Å². The van der Waals surface area contributed by atoms with Crippen LogP contribution in [0.25, 0.3) is 0 Å². The van der Waals surface area contributed by atoms with Crippen molar-refractivity contribution in [3.63, 3.8) is 0 Å². The summed E-state index contributed by atoms with van der Waals surface area (Å²) in [4.78, 5) is 38.1. The number of imide groups is 1. The quantitative estimate of drug-likeness (QED) is 0.561. The maximum atomic E-state index is 13.0. The van der Waals surface area contributed by atoms with Crippen molar-refractivity contribution in [2.24, 2.45) is 4.99 Å². The van der Waals surface area contributed by atoms with Crippen LogP contribution >= 0.6 is 0 Å². The summed E-state index contributed by atoms with van der Waals surface area (Å²) in [7, 11) is 1.68. The van der Waals surface area contributed by atoms with E-state index in [2.05, 4.69) is 21.7 Å². The average Bonchev–Trinajstić information content (AvgIpc) is 3.31. The van der Waals surface area contributed by atoms with E-state index in [0.717, 1.165) is 42.0 Å². The molecule has 1 aromatic carbocycles. The number of rotatable bonds is 10. The molecule has 9 heteroatoms. The van der Waals surface area contributed by atoms with Gasteiger partial charge in [0.2, 0.25) is 0 Å². The molecular formula is C25H32N6O3. The number of anilines is 1. The number of carbonyl (C=O) groups excluding carboxylic acids is 2. The number of para-hydroxylation sites is 1. The average molecular weight is 465 g/mol. The number of amidine groups is 1. The van der Waals surface area contributed by atoms with Crippen molar-refractivity contribution in [1.29, 1.82) is 0 Å². The molecule has 2 unspecified atom stereocenters. The van der Waals surface area contributed by atoms with Crippen LogP contribution in [0.2, 0.25) is 0 Å². The lowest BCUT2D eigenvalue weighted by atomic mass is 10.1. The van der Waals surface area contributed by atoms with Crippen LogP contribution in [-0.4, -0.2) is 71.5 Å². The summed E-state index contributed by atoms with van der Waals surface area (Å²) in [5, 5.41) is 6.57. The number of pyridine rings is 1. The van der Waals surface area contributed by atoms with E-state index < -0.39 is 12.2 Å². The van der Waals surface area contributed by atoms with Crippen LogP contribution in [0, 0.1) is 0 Å². The zero-order valence-electron chi connectivity index (χ0n) is 20.0. The van der Waals surface area contributed by atoms with Gasteiger partial charge >= 0.3 is 6.03 Å². The van der Waals surface area contributed by atoms with E-state index in [9.17, 15) is 9.59 Å². The molecule has 2 aromatic rings. The molecule has 2 aliphatic rings. The SMILES string of the molecule is CCCN1C(=O)C2NC(c3ccc(NCCc4ccccc4OC)nc3)=NC2N(CCC)C1=O. The molecule has 0 spiro atoms. The molecule has 9 nitrogen and oxygen atoms in total. The standard InChI is InChI=1S/C25H32N6O3/c1-4-14-30-23-21(24(32)31(15-5-2)25(30)33)28-22(29-23)18-10-11-20(27-16-18)26-13-12-17-8-6-7-9-19(17)34-3/h6-11,16,21,23H,4-5,12-15H2,1-3H3,(H,26,27)(H,28,29). The van der Waals surface area contributed by atoms with Crippen molar-refractivity contribution in [2.45, 2.75) is 45.3 Å². The first-order chi connectivity index (χ1) is 16.6. The van der Waals surface area contributed by atoms with Gasteiger partial charge in [0, 0.05) is 31.4 Å². The molecule has 0 bridgehead atoms. The van der Waals surface area contributed by atoms with Gasteiger partial charge in [-0.2, -0.15) is 0 Å². The van der Waals surface area contributed by atoms with E-state index in [4.69, 9.17) is 9.73 Å². The Bertz CT molecular complexity index is 1050. The largest absolute Gasteiger partial charge is 0.496 e. The van der Waals surface area contributed by atoms with Crippen LogP contribution in [-0.2, 0) is 11.2 Å². The van der Waals surface area contributed by atoms with Gasteiger partial charge in [0.15, 0.2) is 6.17 Å². The van der Waals surface area contributed by atoms with Crippen molar-refractivity contribution in [3.05, 3.63) is 53.7 Å². The molecule has 3 heterocycles. The Hall–Kier alpha value is -3.62. The molecule has 4 rings (SSSR count). The number of benzene rings is 1. The molecule has 180 valence electrons. The molecule has 1 aromatic heterocycles. The number of amides is 3. The third kappa shape index (κ3) is 4.69. The Morgan fingerprint density at radius 2 is 1.88 bits per heavy atom. The fraction of sp³-hybridized carbons (Fsp3) is 0.440. The highest BCUT2D eigenvalue weighted by atomic mass is 16.5. The molecule has 3 amide bonds. The molecular weight excluding hydrogens is 432 g/mol. The van der Waals surface area contributed by atoms with Crippen molar-refractivity contribution >= 4 is 23.6 Å². The topological polar surface area (TPSA) is 99.2 Å². The monoisotopic (exact) mass is 464 g/mol. The van der Waals surface area contributed by atoms with Crippen LogP contribution in [0.1, 0.15) is 37.8 Å². The first-order valence-electron chi connectivity index (χ1n) is 11.9. The number of fused-ring (bicyclic) bond motifs is 1.